The van der Waals surface area contributed by atoms with Crippen molar-refractivity contribution < 1.29 is 30.8 Å². The van der Waals surface area contributed by atoms with Crippen LogP contribution in [-0.4, -0.2) is 42.4 Å². The van der Waals surface area contributed by atoms with Crippen LogP contribution in [0.3, 0.4) is 0 Å². The van der Waals surface area contributed by atoms with Crippen LogP contribution in [0.25, 0.3) is 0 Å². The molecule has 0 radical (unpaired) electrons. The Morgan fingerprint density at radius 1 is 0.944 bits per heavy atom. The minimum Gasteiger partial charge on any atom is -0.495 e. The highest BCUT2D eigenvalue weighted by molar-refractivity contribution is 7.92. The molecule has 3 rings (SSSR count). The molecule has 0 saturated heterocycles. The molecule has 0 aliphatic carbocycles. The molecular weight excluding hydrogens is 509 g/mol. The smallest absolute Gasteiger partial charge is 0.264 e. The van der Waals surface area contributed by atoms with Crippen molar-refractivity contribution in [3.8, 4) is 5.75 Å². The number of sulfonamides is 2. The molecule has 192 valence electrons. The Morgan fingerprint density at radius 3 is 2.17 bits per heavy atom. The van der Waals surface area contributed by atoms with Crippen LogP contribution < -0.4 is 19.1 Å². The van der Waals surface area contributed by atoms with Gasteiger partial charge >= 0.3 is 0 Å². The molecule has 0 aliphatic rings. The molecule has 0 saturated carbocycles. The second kappa shape index (κ2) is 11.1. The summed E-state index contributed by atoms with van der Waals surface area (Å²) in [5.74, 6) is -1.17. The third-order valence-electron chi connectivity index (χ3n) is 4.88. The molecule has 0 unspecified atom stereocenters. The van der Waals surface area contributed by atoms with E-state index in [1.807, 2.05) is 0 Å². The maximum atomic E-state index is 13.5. The van der Waals surface area contributed by atoms with E-state index in [4.69, 9.17) is 4.74 Å². The van der Waals surface area contributed by atoms with Crippen LogP contribution in [0.2, 0.25) is 0 Å². The lowest BCUT2D eigenvalue weighted by molar-refractivity contribution is -0.114. The fraction of sp³-hybridized carbons (Fsp3) is 0.208. The first-order valence-corrected chi connectivity index (χ1v) is 13.7. The Balaban J connectivity index is 1.96. The standard InChI is InChI=1S/C24H26FN3O6S2/c1-17(2)27-35(30,31)21-13-14-23(34-3)22(15-21)26-24(29)16-28(19-11-9-18(25)10-12-19)36(32,33)20-7-5-4-6-8-20/h4-15,17,27H,16H2,1-3H3,(H,26,29). The van der Waals surface area contributed by atoms with Gasteiger partial charge in [-0.05, 0) is 68.4 Å². The maximum absolute atomic E-state index is 13.5. The van der Waals surface area contributed by atoms with Gasteiger partial charge in [-0.25, -0.2) is 25.9 Å². The van der Waals surface area contributed by atoms with Crippen LogP contribution in [-0.2, 0) is 24.8 Å². The van der Waals surface area contributed by atoms with Crippen molar-refractivity contribution >= 4 is 37.3 Å². The molecule has 12 heteroatoms. The molecule has 0 fully saturated rings. The predicted molar refractivity (Wildman–Crippen MR) is 134 cm³/mol. The van der Waals surface area contributed by atoms with Crippen molar-refractivity contribution in [3.63, 3.8) is 0 Å². The monoisotopic (exact) mass is 535 g/mol. The number of halogens is 1. The Morgan fingerprint density at radius 2 is 1.58 bits per heavy atom. The molecule has 3 aromatic carbocycles. The minimum absolute atomic E-state index is 0.0327. The third kappa shape index (κ3) is 6.39. The van der Waals surface area contributed by atoms with Gasteiger partial charge in [0.2, 0.25) is 15.9 Å². The number of amides is 1. The van der Waals surface area contributed by atoms with Crippen LogP contribution in [0, 0.1) is 5.82 Å². The van der Waals surface area contributed by atoms with E-state index in [0.717, 1.165) is 16.4 Å². The topological polar surface area (TPSA) is 122 Å². The van der Waals surface area contributed by atoms with Crippen molar-refractivity contribution in [2.45, 2.75) is 29.7 Å². The van der Waals surface area contributed by atoms with E-state index in [-0.39, 0.29) is 33.0 Å². The first-order chi connectivity index (χ1) is 16.9. The number of ether oxygens (including phenoxy) is 1. The highest BCUT2D eigenvalue weighted by atomic mass is 32.2. The van der Waals surface area contributed by atoms with E-state index in [9.17, 15) is 26.0 Å². The first kappa shape index (κ1) is 27.1. The van der Waals surface area contributed by atoms with E-state index < -0.39 is 38.3 Å². The number of methoxy groups -OCH3 is 1. The number of hydrogen-bond donors (Lipinski definition) is 2. The normalized spacial score (nSPS) is 11.8. The summed E-state index contributed by atoms with van der Waals surface area (Å²) in [4.78, 5) is 12.9. The maximum Gasteiger partial charge on any atom is 0.264 e. The lowest BCUT2D eigenvalue weighted by Gasteiger charge is -2.24. The highest BCUT2D eigenvalue weighted by Crippen LogP contribution is 2.29. The Bertz CT molecular complexity index is 1430. The van der Waals surface area contributed by atoms with Gasteiger partial charge in [-0.1, -0.05) is 18.2 Å². The second-order valence-corrected chi connectivity index (χ2v) is 11.6. The zero-order chi connectivity index (χ0) is 26.5. The minimum atomic E-state index is -4.20. The van der Waals surface area contributed by atoms with Gasteiger partial charge in [0.1, 0.15) is 18.1 Å². The fourth-order valence-electron chi connectivity index (χ4n) is 3.29. The molecule has 36 heavy (non-hydrogen) atoms. The van der Waals surface area contributed by atoms with Crippen molar-refractivity contribution in [1.82, 2.24) is 4.72 Å². The highest BCUT2D eigenvalue weighted by Gasteiger charge is 2.28. The van der Waals surface area contributed by atoms with E-state index in [1.165, 1.54) is 61.7 Å². The Kier molecular flexibility index (Phi) is 8.33. The molecule has 9 nitrogen and oxygen atoms in total. The Labute approximate surface area is 210 Å². The van der Waals surface area contributed by atoms with Crippen LogP contribution in [0.1, 0.15) is 13.8 Å². The lowest BCUT2D eigenvalue weighted by atomic mass is 10.3. The first-order valence-electron chi connectivity index (χ1n) is 10.8. The number of anilines is 2. The molecule has 1 amide bonds. The zero-order valence-corrected chi connectivity index (χ0v) is 21.4. The quantitative estimate of drug-likeness (QED) is 0.411. The van der Waals surface area contributed by atoms with Gasteiger partial charge in [-0.3, -0.25) is 9.10 Å². The summed E-state index contributed by atoms with van der Waals surface area (Å²) in [5, 5.41) is 2.53. The fourth-order valence-corrected chi connectivity index (χ4v) is 6.01. The van der Waals surface area contributed by atoms with Crippen LogP contribution >= 0.6 is 0 Å². The molecule has 3 aromatic rings. The largest absolute Gasteiger partial charge is 0.495 e. The molecule has 0 bridgehead atoms. The molecule has 0 spiro atoms. The summed E-state index contributed by atoms with van der Waals surface area (Å²) in [5.41, 5.74) is 0.102. The van der Waals surface area contributed by atoms with Gasteiger partial charge in [0, 0.05) is 6.04 Å². The molecule has 0 aliphatic heterocycles. The summed E-state index contributed by atoms with van der Waals surface area (Å²) < 4.78 is 73.9. The second-order valence-electron chi connectivity index (χ2n) is 7.99. The van der Waals surface area contributed by atoms with Crippen molar-refractivity contribution in [2.75, 3.05) is 23.3 Å². The summed E-state index contributed by atoms with van der Waals surface area (Å²) >= 11 is 0. The summed E-state index contributed by atoms with van der Waals surface area (Å²) in [6.07, 6.45) is 0. The predicted octanol–water partition coefficient (Wildman–Crippen LogP) is 3.36. The van der Waals surface area contributed by atoms with Crippen molar-refractivity contribution in [2.24, 2.45) is 0 Å². The van der Waals surface area contributed by atoms with Gasteiger partial charge in [0.05, 0.1) is 28.3 Å². The summed E-state index contributed by atoms with van der Waals surface area (Å²) in [6.45, 7) is 2.66. The average Bonchev–Trinajstić information content (AvgIpc) is 2.83. The third-order valence-corrected chi connectivity index (χ3v) is 8.32. The molecule has 0 atom stereocenters. The number of nitrogens with zero attached hydrogens (tertiary/aromatic N) is 1. The van der Waals surface area contributed by atoms with Gasteiger partial charge < -0.3 is 10.1 Å². The summed E-state index contributed by atoms with van der Waals surface area (Å²) in [6, 6.07) is 15.7. The number of carbonyl (C=O) groups excluding carboxylic acids is 1. The van der Waals surface area contributed by atoms with E-state index in [1.54, 1.807) is 19.9 Å². The number of benzene rings is 3. The molecule has 0 aromatic heterocycles. The number of carbonyl (C=O) groups is 1. The van der Waals surface area contributed by atoms with Gasteiger partial charge in [-0.15, -0.1) is 0 Å². The van der Waals surface area contributed by atoms with Crippen LogP contribution in [0.5, 0.6) is 5.75 Å². The number of nitrogens with one attached hydrogen (secondary N) is 2. The zero-order valence-electron chi connectivity index (χ0n) is 19.8. The van der Waals surface area contributed by atoms with E-state index in [0.29, 0.717) is 0 Å². The van der Waals surface area contributed by atoms with E-state index >= 15 is 0 Å². The lowest BCUT2D eigenvalue weighted by Crippen LogP contribution is -2.38. The molecule has 0 heterocycles. The number of hydrogen-bond acceptors (Lipinski definition) is 6. The SMILES string of the molecule is COc1ccc(S(=O)(=O)NC(C)C)cc1NC(=O)CN(c1ccc(F)cc1)S(=O)(=O)c1ccccc1. The van der Waals surface area contributed by atoms with Gasteiger partial charge in [0.25, 0.3) is 10.0 Å². The summed E-state index contributed by atoms with van der Waals surface area (Å²) in [7, 11) is -6.73. The van der Waals surface area contributed by atoms with Gasteiger partial charge in [-0.2, -0.15) is 0 Å². The van der Waals surface area contributed by atoms with E-state index in [2.05, 4.69) is 10.0 Å². The van der Waals surface area contributed by atoms with Crippen molar-refractivity contribution in [3.05, 3.63) is 78.6 Å². The Hall–Kier alpha value is -3.48. The molecule has 2 N–H and O–H groups in total. The molecular formula is C24H26FN3O6S2. The average molecular weight is 536 g/mol. The van der Waals surface area contributed by atoms with Gasteiger partial charge in [0.15, 0.2) is 0 Å². The van der Waals surface area contributed by atoms with Crippen LogP contribution in [0.4, 0.5) is 15.8 Å². The van der Waals surface area contributed by atoms with Crippen molar-refractivity contribution in [1.29, 1.82) is 0 Å². The number of rotatable bonds is 10. The van der Waals surface area contributed by atoms with Crippen LogP contribution in [0.15, 0.2) is 82.6 Å².